The second-order valence-corrected chi connectivity index (χ2v) is 22.3. The average molecular weight is 1110 g/mol. The summed E-state index contributed by atoms with van der Waals surface area (Å²) >= 11 is 0. The van der Waals surface area contributed by atoms with Crippen molar-refractivity contribution in [1.82, 2.24) is 0 Å². The van der Waals surface area contributed by atoms with E-state index in [9.17, 15) is 14.4 Å². The number of hydrogen-bond acceptors (Lipinski definition) is 6. The van der Waals surface area contributed by atoms with Gasteiger partial charge in [-0.3, -0.25) is 14.4 Å². The summed E-state index contributed by atoms with van der Waals surface area (Å²) in [5.41, 5.74) is 0. The minimum Gasteiger partial charge on any atom is -0.462 e. The molecule has 0 spiro atoms. The first-order valence-corrected chi connectivity index (χ1v) is 33.9. The summed E-state index contributed by atoms with van der Waals surface area (Å²) in [5, 5.41) is 0. The Kier molecular flexibility index (Phi) is 64.3. The van der Waals surface area contributed by atoms with Gasteiger partial charge < -0.3 is 14.2 Å². The van der Waals surface area contributed by atoms with Crippen LogP contribution in [0.4, 0.5) is 0 Å². The lowest BCUT2D eigenvalue weighted by atomic mass is 10.0. The van der Waals surface area contributed by atoms with Crippen LogP contribution in [0.3, 0.4) is 0 Å². The van der Waals surface area contributed by atoms with Gasteiger partial charge in [0.2, 0.25) is 0 Å². The van der Waals surface area contributed by atoms with Crippen molar-refractivity contribution in [2.45, 2.75) is 329 Å². The molecule has 0 aliphatic rings. The highest BCUT2D eigenvalue weighted by Crippen LogP contribution is 2.16. The van der Waals surface area contributed by atoms with E-state index in [2.05, 4.69) is 130 Å². The van der Waals surface area contributed by atoms with Crippen molar-refractivity contribution in [3.05, 3.63) is 109 Å². The van der Waals surface area contributed by atoms with Crippen LogP contribution in [0.25, 0.3) is 0 Å². The zero-order valence-corrected chi connectivity index (χ0v) is 52.6. The molecule has 0 aliphatic carbocycles. The molecule has 0 saturated heterocycles. The average Bonchev–Trinajstić information content (AvgIpc) is 3.46. The van der Waals surface area contributed by atoms with Gasteiger partial charge in [-0.25, -0.2) is 0 Å². The summed E-state index contributed by atoms with van der Waals surface area (Å²) in [6.45, 7) is 6.47. The lowest BCUT2D eigenvalue weighted by Gasteiger charge is -2.18. The normalized spacial score (nSPS) is 12.8. The first kappa shape index (κ1) is 76.1. The van der Waals surface area contributed by atoms with E-state index in [1.807, 2.05) is 0 Å². The van der Waals surface area contributed by atoms with Gasteiger partial charge in [0.05, 0.1) is 0 Å². The fourth-order valence-corrected chi connectivity index (χ4v) is 9.42. The number of esters is 3. The summed E-state index contributed by atoms with van der Waals surface area (Å²) in [4.78, 5) is 38.4. The van der Waals surface area contributed by atoms with Crippen molar-refractivity contribution in [2.75, 3.05) is 13.2 Å². The number of allylic oxidation sites excluding steroid dienone is 18. The first-order valence-electron chi connectivity index (χ1n) is 33.9. The molecule has 0 saturated carbocycles. The molecular weight excluding hydrogens is 985 g/mol. The van der Waals surface area contributed by atoms with E-state index in [4.69, 9.17) is 14.2 Å². The Morgan fingerprint density at radius 1 is 0.263 bits per heavy atom. The molecule has 0 bridgehead atoms. The Morgan fingerprint density at radius 3 is 0.825 bits per heavy atom. The number of rotatable bonds is 61. The second-order valence-electron chi connectivity index (χ2n) is 22.3. The summed E-state index contributed by atoms with van der Waals surface area (Å²) < 4.78 is 16.9. The van der Waals surface area contributed by atoms with Gasteiger partial charge >= 0.3 is 17.9 Å². The SMILES string of the molecule is CC/C=C\C/C=C\C/C=C\C/C=C\C/C=C\CCCC(=O)OCC(COC(=O)CCCCCCCCCCCCCCCCC/C=C\C/C=C\CCCCCCC)OC(=O)CCCCCCCCC/C=C\C/C=C\CCCCCC. The second kappa shape index (κ2) is 67.6. The minimum atomic E-state index is -0.808. The van der Waals surface area contributed by atoms with Crippen LogP contribution in [0.1, 0.15) is 323 Å². The van der Waals surface area contributed by atoms with E-state index in [1.54, 1.807) is 0 Å². The van der Waals surface area contributed by atoms with Crippen LogP contribution in [-0.2, 0) is 28.6 Å². The molecule has 0 aromatic carbocycles. The number of ether oxygens (including phenoxy) is 3. The van der Waals surface area contributed by atoms with Crippen molar-refractivity contribution < 1.29 is 28.6 Å². The third kappa shape index (κ3) is 64.9. The van der Waals surface area contributed by atoms with Crippen LogP contribution in [0.15, 0.2) is 109 Å². The molecule has 6 nitrogen and oxygen atoms in total. The minimum absolute atomic E-state index is 0.0987. The maximum atomic E-state index is 12.9. The zero-order valence-electron chi connectivity index (χ0n) is 52.6. The molecule has 0 amide bonds. The van der Waals surface area contributed by atoms with Crippen molar-refractivity contribution in [1.29, 1.82) is 0 Å². The molecule has 0 aliphatic heterocycles. The van der Waals surface area contributed by atoms with E-state index in [-0.39, 0.29) is 37.5 Å². The lowest BCUT2D eigenvalue weighted by Crippen LogP contribution is -2.30. The van der Waals surface area contributed by atoms with Crippen molar-refractivity contribution in [3.8, 4) is 0 Å². The standard InChI is InChI=1S/C74H126O6/c1-4-7-10-13-16-19-22-25-28-31-33-34-35-36-37-38-39-40-41-44-46-49-52-55-58-61-64-67-73(76)79-70-71(69-78-72(75)66-63-60-57-54-51-48-45-42-30-27-24-21-18-15-12-9-6-3)80-74(77)68-65-62-59-56-53-50-47-43-32-29-26-23-20-17-14-11-8-5-2/h9,12,18,20-23,25,27,29-33,45,48,54,57,71H,4-8,10-11,13-17,19,24,26,28,34-44,46-47,49-53,55-56,58-70H2,1-3H3/b12-9-,21-18-,23-20-,25-22-,30-27-,32-29-,33-31-,48-45-,57-54-. The Hall–Kier alpha value is -3.93. The highest BCUT2D eigenvalue weighted by atomic mass is 16.6. The van der Waals surface area contributed by atoms with Crippen molar-refractivity contribution in [3.63, 3.8) is 0 Å². The van der Waals surface area contributed by atoms with Crippen LogP contribution < -0.4 is 0 Å². The fraction of sp³-hybridized carbons (Fsp3) is 0.716. The maximum absolute atomic E-state index is 12.9. The molecule has 0 fully saturated rings. The number of unbranched alkanes of at least 4 members (excludes halogenated alkanes) is 32. The summed E-state index contributed by atoms with van der Waals surface area (Å²) in [7, 11) is 0. The molecule has 6 heteroatoms. The fourth-order valence-electron chi connectivity index (χ4n) is 9.42. The number of hydrogen-bond donors (Lipinski definition) is 0. The Bertz CT molecular complexity index is 1610. The predicted molar refractivity (Wildman–Crippen MR) is 348 cm³/mol. The summed E-state index contributed by atoms with van der Waals surface area (Å²) in [6.07, 6.45) is 92.5. The predicted octanol–water partition coefficient (Wildman–Crippen LogP) is 23.4. The van der Waals surface area contributed by atoms with Gasteiger partial charge in [0.1, 0.15) is 13.2 Å². The molecule has 0 radical (unpaired) electrons. The van der Waals surface area contributed by atoms with Gasteiger partial charge in [-0.1, -0.05) is 291 Å². The van der Waals surface area contributed by atoms with Crippen LogP contribution in [-0.4, -0.2) is 37.2 Å². The maximum Gasteiger partial charge on any atom is 0.306 e. The van der Waals surface area contributed by atoms with Crippen LogP contribution in [0.2, 0.25) is 0 Å². The van der Waals surface area contributed by atoms with E-state index in [0.717, 1.165) is 96.3 Å². The van der Waals surface area contributed by atoms with Gasteiger partial charge in [-0.05, 0) is 122 Å². The van der Waals surface area contributed by atoms with Crippen molar-refractivity contribution in [2.24, 2.45) is 0 Å². The van der Waals surface area contributed by atoms with Gasteiger partial charge in [0, 0.05) is 19.3 Å². The highest BCUT2D eigenvalue weighted by Gasteiger charge is 2.19. The number of carbonyl (C=O) groups excluding carboxylic acids is 3. The topological polar surface area (TPSA) is 78.9 Å². The smallest absolute Gasteiger partial charge is 0.306 e. The van der Waals surface area contributed by atoms with Crippen LogP contribution >= 0.6 is 0 Å². The molecule has 458 valence electrons. The highest BCUT2D eigenvalue weighted by molar-refractivity contribution is 5.71. The van der Waals surface area contributed by atoms with Gasteiger partial charge in [-0.15, -0.1) is 0 Å². The van der Waals surface area contributed by atoms with Gasteiger partial charge in [0.15, 0.2) is 6.10 Å². The Labute approximate surface area is 495 Å². The van der Waals surface area contributed by atoms with Crippen molar-refractivity contribution >= 4 is 17.9 Å². The van der Waals surface area contributed by atoms with Gasteiger partial charge in [-0.2, -0.15) is 0 Å². The molecule has 1 unspecified atom stereocenters. The van der Waals surface area contributed by atoms with Crippen LogP contribution in [0, 0.1) is 0 Å². The van der Waals surface area contributed by atoms with E-state index in [1.165, 1.54) is 180 Å². The largest absolute Gasteiger partial charge is 0.462 e. The molecule has 80 heavy (non-hydrogen) atoms. The molecule has 1 atom stereocenters. The summed E-state index contributed by atoms with van der Waals surface area (Å²) in [5.74, 6) is -0.958. The van der Waals surface area contributed by atoms with E-state index >= 15 is 0 Å². The van der Waals surface area contributed by atoms with Crippen LogP contribution in [0.5, 0.6) is 0 Å². The molecule has 0 heterocycles. The molecule has 0 N–H and O–H groups in total. The molecule has 0 aromatic rings. The zero-order chi connectivity index (χ0) is 57.8. The lowest BCUT2D eigenvalue weighted by molar-refractivity contribution is -0.167. The first-order chi connectivity index (χ1) is 39.5. The van der Waals surface area contributed by atoms with E-state index < -0.39 is 6.10 Å². The Morgan fingerprint density at radius 2 is 0.500 bits per heavy atom. The Balaban J connectivity index is 4.37. The molecule has 0 rings (SSSR count). The third-order valence-corrected chi connectivity index (χ3v) is 14.5. The monoisotopic (exact) mass is 1110 g/mol. The number of carbonyl (C=O) groups is 3. The van der Waals surface area contributed by atoms with E-state index in [0.29, 0.717) is 19.3 Å². The molecule has 0 aromatic heterocycles. The molecular formula is C74H126O6. The quantitative estimate of drug-likeness (QED) is 0.0261. The summed E-state index contributed by atoms with van der Waals surface area (Å²) in [6, 6.07) is 0. The van der Waals surface area contributed by atoms with Gasteiger partial charge in [0.25, 0.3) is 0 Å². The third-order valence-electron chi connectivity index (χ3n) is 14.5.